The van der Waals surface area contributed by atoms with Crippen LogP contribution in [0.4, 0.5) is 0 Å². The average molecular weight is 253 g/mol. The van der Waals surface area contributed by atoms with Crippen LogP contribution in [0.5, 0.6) is 5.75 Å². The lowest BCUT2D eigenvalue weighted by atomic mass is 9.98. The van der Waals surface area contributed by atoms with Gasteiger partial charge in [-0.3, -0.25) is 4.79 Å². The summed E-state index contributed by atoms with van der Waals surface area (Å²) in [7, 11) is 1.47. The van der Waals surface area contributed by atoms with Gasteiger partial charge in [0.15, 0.2) is 5.78 Å². The topological polar surface area (TPSA) is 92.8 Å². The Morgan fingerprint density at radius 2 is 2.11 bits per heavy atom. The molecule has 5 heteroatoms. The largest absolute Gasteiger partial charge is 0.496 e. The molecule has 0 aliphatic rings. The van der Waals surface area contributed by atoms with E-state index in [4.69, 9.17) is 10.5 Å². The third-order valence-corrected chi connectivity index (χ3v) is 2.78. The molecular formula is C13H19NO4. The van der Waals surface area contributed by atoms with Crippen LogP contribution >= 0.6 is 0 Å². The summed E-state index contributed by atoms with van der Waals surface area (Å²) < 4.78 is 5.12. The van der Waals surface area contributed by atoms with Crippen LogP contribution in [0.1, 0.15) is 35.4 Å². The number of aliphatic hydroxyl groups excluding tert-OH is 2. The second kappa shape index (κ2) is 6.49. The monoisotopic (exact) mass is 253 g/mol. The van der Waals surface area contributed by atoms with Crippen LogP contribution in [0.2, 0.25) is 0 Å². The highest BCUT2D eigenvalue weighted by atomic mass is 16.5. The molecule has 100 valence electrons. The average Bonchev–Trinajstić information content (AvgIpc) is 2.37. The lowest BCUT2D eigenvalue weighted by molar-refractivity contribution is 0.0136. The minimum atomic E-state index is -1.12. The number of hydrogen-bond acceptors (Lipinski definition) is 5. The first-order valence-corrected chi connectivity index (χ1v) is 5.76. The number of Topliss-reactive ketones (excluding diaryl/α,β-unsaturated/α-hetero) is 1. The summed E-state index contributed by atoms with van der Waals surface area (Å²) in [5.74, 6) is 0.322. The Kier molecular flexibility index (Phi) is 5.27. The van der Waals surface area contributed by atoms with Crippen LogP contribution in [-0.2, 0) is 0 Å². The molecule has 0 saturated heterocycles. The summed E-state index contributed by atoms with van der Waals surface area (Å²) in [4.78, 5) is 11.3. The summed E-state index contributed by atoms with van der Waals surface area (Å²) in [5, 5.41) is 19.8. The second-order valence-corrected chi connectivity index (χ2v) is 4.10. The van der Waals surface area contributed by atoms with Crippen LogP contribution in [-0.4, -0.2) is 35.8 Å². The zero-order chi connectivity index (χ0) is 13.7. The molecule has 0 fully saturated rings. The number of methoxy groups -OCH3 is 1. The lowest BCUT2D eigenvalue weighted by Gasteiger charge is -2.20. The van der Waals surface area contributed by atoms with Crippen molar-refractivity contribution in [3.63, 3.8) is 0 Å². The molecule has 1 rings (SSSR count). The van der Waals surface area contributed by atoms with Crippen molar-refractivity contribution in [3.05, 3.63) is 29.3 Å². The van der Waals surface area contributed by atoms with E-state index in [1.807, 2.05) is 0 Å². The molecule has 0 amide bonds. The first-order valence-electron chi connectivity index (χ1n) is 5.76. The summed E-state index contributed by atoms with van der Waals surface area (Å²) in [6, 6.07) is 4.75. The number of ether oxygens (including phenoxy) is 1. The summed E-state index contributed by atoms with van der Waals surface area (Å²) in [5.41, 5.74) is 6.19. The molecule has 0 aliphatic heterocycles. The highest BCUT2D eigenvalue weighted by Gasteiger charge is 2.22. The summed E-state index contributed by atoms with van der Waals surface area (Å²) >= 11 is 0. The zero-order valence-electron chi connectivity index (χ0n) is 10.6. The van der Waals surface area contributed by atoms with Gasteiger partial charge in [-0.15, -0.1) is 0 Å². The molecule has 0 heterocycles. The molecule has 0 saturated carbocycles. The first-order chi connectivity index (χ1) is 8.51. The fraction of sp³-hybridized carbons (Fsp3) is 0.462. The van der Waals surface area contributed by atoms with Gasteiger partial charge < -0.3 is 20.7 Å². The van der Waals surface area contributed by atoms with Crippen molar-refractivity contribution in [2.24, 2.45) is 5.73 Å². The third-order valence-electron chi connectivity index (χ3n) is 2.78. The highest BCUT2D eigenvalue weighted by molar-refractivity contribution is 5.94. The van der Waals surface area contributed by atoms with E-state index in [2.05, 4.69) is 0 Å². The third kappa shape index (κ3) is 3.29. The molecular weight excluding hydrogens is 234 g/mol. The van der Waals surface area contributed by atoms with Crippen molar-refractivity contribution in [1.82, 2.24) is 0 Å². The molecule has 18 heavy (non-hydrogen) atoms. The number of rotatable bonds is 6. The molecule has 0 bridgehead atoms. The summed E-state index contributed by atoms with van der Waals surface area (Å²) in [6.07, 6.45) is -1.83. The number of hydrogen-bond donors (Lipinski definition) is 3. The standard InChI is InChI=1S/C13H19NO4/c1-8(15)9-3-4-12(18-2)10(7-9)13(17)11(16)5-6-14/h3-4,7,11,13,16-17H,5-6,14H2,1-2H3. The van der Waals surface area contributed by atoms with Crippen LogP contribution in [0.15, 0.2) is 18.2 Å². The minimum absolute atomic E-state index is 0.112. The van der Waals surface area contributed by atoms with Crippen molar-refractivity contribution < 1.29 is 19.7 Å². The van der Waals surface area contributed by atoms with E-state index in [-0.39, 0.29) is 18.7 Å². The quantitative estimate of drug-likeness (QED) is 0.647. The predicted molar refractivity (Wildman–Crippen MR) is 67.6 cm³/mol. The number of carbonyl (C=O) groups excluding carboxylic acids is 1. The van der Waals surface area contributed by atoms with Gasteiger partial charge in [0, 0.05) is 11.1 Å². The molecule has 1 aromatic rings. The van der Waals surface area contributed by atoms with E-state index in [9.17, 15) is 15.0 Å². The normalized spacial score (nSPS) is 14.1. The Balaban J connectivity index is 3.10. The number of aliphatic hydroxyl groups is 2. The molecule has 2 unspecified atom stereocenters. The Labute approximate surface area is 106 Å². The molecule has 0 aromatic heterocycles. The van der Waals surface area contributed by atoms with E-state index >= 15 is 0 Å². The fourth-order valence-electron chi connectivity index (χ4n) is 1.72. The molecule has 0 aliphatic carbocycles. The molecule has 0 radical (unpaired) electrons. The smallest absolute Gasteiger partial charge is 0.159 e. The molecule has 4 N–H and O–H groups in total. The number of benzene rings is 1. The van der Waals surface area contributed by atoms with Gasteiger partial charge in [0.1, 0.15) is 11.9 Å². The number of nitrogens with two attached hydrogens (primary N) is 1. The van der Waals surface area contributed by atoms with Crippen molar-refractivity contribution in [2.75, 3.05) is 13.7 Å². The molecule has 5 nitrogen and oxygen atoms in total. The van der Waals surface area contributed by atoms with Crippen LogP contribution in [0.25, 0.3) is 0 Å². The Morgan fingerprint density at radius 1 is 1.44 bits per heavy atom. The molecule has 2 atom stereocenters. The Hall–Kier alpha value is -1.43. The molecule has 0 spiro atoms. The SMILES string of the molecule is COc1ccc(C(C)=O)cc1C(O)C(O)CCN. The van der Waals surface area contributed by atoms with Crippen molar-refractivity contribution >= 4 is 5.78 Å². The predicted octanol–water partition coefficient (Wildman–Crippen LogP) is 0.641. The van der Waals surface area contributed by atoms with Gasteiger partial charge >= 0.3 is 0 Å². The van der Waals surface area contributed by atoms with E-state index in [1.165, 1.54) is 20.1 Å². The van der Waals surface area contributed by atoms with Gasteiger partial charge in [-0.05, 0) is 38.1 Å². The van der Waals surface area contributed by atoms with Crippen molar-refractivity contribution in [2.45, 2.75) is 25.6 Å². The van der Waals surface area contributed by atoms with Crippen molar-refractivity contribution in [3.8, 4) is 5.75 Å². The van der Waals surface area contributed by atoms with Gasteiger partial charge in [0.2, 0.25) is 0 Å². The zero-order valence-corrected chi connectivity index (χ0v) is 10.6. The Morgan fingerprint density at radius 3 is 2.61 bits per heavy atom. The lowest BCUT2D eigenvalue weighted by Crippen LogP contribution is -2.22. The second-order valence-electron chi connectivity index (χ2n) is 4.10. The first kappa shape index (κ1) is 14.6. The number of ketones is 1. The maximum Gasteiger partial charge on any atom is 0.159 e. The van der Waals surface area contributed by atoms with Crippen molar-refractivity contribution in [1.29, 1.82) is 0 Å². The van der Waals surface area contributed by atoms with Gasteiger partial charge in [-0.2, -0.15) is 0 Å². The van der Waals surface area contributed by atoms with E-state index in [0.29, 0.717) is 16.9 Å². The fourth-order valence-corrected chi connectivity index (χ4v) is 1.72. The van der Waals surface area contributed by atoms with Crippen LogP contribution in [0, 0.1) is 0 Å². The van der Waals surface area contributed by atoms with Gasteiger partial charge in [0.05, 0.1) is 13.2 Å². The van der Waals surface area contributed by atoms with Gasteiger partial charge in [-0.1, -0.05) is 0 Å². The summed E-state index contributed by atoms with van der Waals surface area (Å²) in [6.45, 7) is 1.71. The number of carbonyl (C=O) groups is 1. The Bertz CT molecular complexity index is 419. The van der Waals surface area contributed by atoms with Crippen LogP contribution in [0.3, 0.4) is 0 Å². The van der Waals surface area contributed by atoms with Gasteiger partial charge in [-0.25, -0.2) is 0 Å². The molecule has 1 aromatic carbocycles. The van der Waals surface area contributed by atoms with Gasteiger partial charge in [0.25, 0.3) is 0 Å². The van der Waals surface area contributed by atoms with Crippen LogP contribution < -0.4 is 10.5 Å². The highest BCUT2D eigenvalue weighted by Crippen LogP contribution is 2.29. The van der Waals surface area contributed by atoms with E-state index in [0.717, 1.165) is 0 Å². The van der Waals surface area contributed by atoms with E-state index < -0.39 is 12.2 Å². The van der Waals surface area contributed by atoms with E-state index in [1.54, 1.807) is 12.1 Å². The maximum absolute atomic E-state index is 11.3. The minimum Gasteiger partial charge on any atom is -0.496 e. The maximum atomic E-state index is 11.3.